The first-order valence-electron chi connectivity index (χ1n) is 13.4. The minimum absolute atomic E-state index is 0.124. The van der Waals surface area contributed by atoms with Crippen LogP contribution in [-0.2, 0) is 14.8 Å². The van der Waals surface area contributed by atoms with E-state index in [1.54, 1.807) is 18.2 Å². The Balaban J connectivity index is 1.35. The van der Waals surface area contributed by atoms with Crippen LogP contribution in [0.5, 0.6) is 5.75 Å². The average Bonchev–Trinajstić information content (AvgIpc) is 2.99. The fourth-order valence-corrected chi connectivity index (χ4v) is 5.86. The quantitative estimate of drug-likeness (QED) is 0.209. The molecule has 0 spiro atoms. The number of carbonyl (C=O) groups is 3. The first-order chi connectivity index (χ1) is 20.1. The van der Waals surface area contributed by atoms with E-state index in [2.05, 4.69) is 25.8 Å². The molecule has 0 aromatic heterocycles. The maximum absolute atomic E-state index is 12.9. The molecule has 2 aromatic carbocycles. The highest BCUT2D eigenvalue weighted by Gasteiger charge is 2.27. The molecule has 14 nitrogen and oxygen atoms in total. The number of hydrogen-bond acceptors (Lipinski definition) is 10. The van der Waals surface area contributed by atoms with Crippen LogP contribution in [-0.4, -0.2) is 94.4 Å². The number of carboxylic acid groups (broad SMARTS) is 2. The number of amides is 1. The Morgan fingerprint density at radius 2 is 1.79 bits per heavy atom. The van der Waals surface area contributed by atoms with Crippen LogP contribution in [0.1, 0.15) is 40.0 Å². The number of aromatic carboxylic acids is 1. The summed E-state index contributed by atoms with van der Waals surface area (Å²) in [5, 5.41) is 27.7. The van der Waals surface area contributed by atoms with Gasteiger partial charge >= 0.3 is 11.9 Å². The van der Waals surface area contributed by atoms with E-state index in [9.17, 15) is 27.9 Å². The standard InChI is InChI=1S/C27H34N6O8S/c1-41-23-15-18(5-8-22(23)33-13-9-19(10-14-33)31-27-28-11-2-12-29-27)24(34)30-16-21(26(37)38)32-42(39,40)20-6-3-17(4-7-20)25(35)36/h3-8,15,19,21,32H,2,9-14,16H2,1H3,(H,30,34)(H,35,36)(H,37,38)(H2,28,29,31)/t21-/m0/s1. The van der Waals surface area contributed by atoms with E-state index in [4.69, 9.17) is 9.84 Å². The van der Waals surface area contributed by atoms with E-state index in [1.165, 1.54) is 7.11 Å². The summed E-state index contributed by atoms with van der Waals surface area (Å²) in [6.07, 6.45) is 2.81. The zero-order valence-electron chi connectivity index (χ0n) is 23.0. The number of guanidine groups is 1. The molecule has 0 aliphatic carbocycles. The van der Waals surface area contributed by atoms with Gasteiger partial charge in [-0.2, -0.15) is 4.72 Å². The van der Waals surface area contributed by atoms with Gasteiger partial charge in [0.2, 0.25) is 10.0 Å². The number of benzene rings is 2. The van der Waals surface area contributed by atoms with Gasteiger partial charge in [0.25, 0.3) is 5.91 Å². The maximum atomic E-state index is 12.9. The number of methoxy groups -OCH3 is 1. The molecule has 42 heavy (non-hydrogen) atoms. The van der Waals surface area contributed by atoms with Gasteiger partial charge in [0.05, 0.1) is 23.3 Å². The summed E-state index contributed by atoms with van der Waals surface area (Å²) >= 11 is 0. The molecule has 1 saturated heterocycles. The third-order valence-corrected chi connectivity index (χ3v) is 8.48. The largest absolute Gasteiger partial charge is 0.495 e. The number of ether oxygens (including phenoxy) is 1. The first kappa shape index (κ1) is 30.6. The monoisotopic (exact) mass is 602 g/mol. The van der Waals surface area contributed by atoms with Gasteiger partial charge in [-0.3, -0.25) is 14.6 Å². The molecule has 0 saturated carbocycles. The Hall–Kier alpha value is -4.37. The number of carboxylic acids is 2. The number of aliphatic carboxylic acids is 1. The summed E-state index contributed by atoms with van der Waals surface area (Å²) in [5.41, 5.74) is 0.914. The Bertz CT molecular complexity index is 1440. The van der Waals surface area contributed by atoms with Crippen LogP contribution in [0.2, 0.25) is 0 Å². The van der Waals surface area contributed by atoms with Crippen molar-refractivity contribution >= 4 is 39.5 Å². The molecule has 1 fully saturated rings. The van der Waals surface area contributed by atoms with E-state index < -0.39 is 40.5 Å². The molecule has 2 heterocycles. The Kier molecular flexibility index (Phi) is 9.85. The Labute approximate surface area is 243 Å². The summed E-state index contributed by atoms with van der Waals surface area (Å²) in [4.78, 5) is 42.0. The molecule has 1 atom stereocenters. The molecule has 226 valence electrons. The van der Waals surface area contributed by atoms with Gasteiger partial charge in [-0.15, -0.1) is 0 Å². The first-order valence-corrected chi connectivity index (χ1v) is 14.9. The smallest absolute Gasteiger partial charge is 0.335 e. The van der Waals surface area contributed by atoms with Crippen LogP contribution < -0.4 is 30.3 Å². The lowest BCUT2D eigenvalue weighted by atomic mass is 10.0. The summed E-state index contributed by atoms with van der Waals surface area (Å²) < 4.78 is 32.9. The molecule has 4 rings (SSSR count). The maximum Gasteiger partial charge on any atom is 0.335 e. The zero-order valence-corrected chi connectivity index (χ0v) is 23.8. The third kappa shape index (κ3) is 7.67. The van der Waals surface area contributed by atoms with Gasteiger partial charge in [0, 0.05) is 44.3 Å². The second kappa shape index (κ2) is 13.5. The Morgan fingerprint density at radius 3 is 2.38 bits per heavy atom. The molecule has 0 radical (unpaired) electrons. The van der Waals surface area contributed by atoms with Crippen LogP contribution in [0.25, 0.3) is 0 Å². The number of piperidine rings is 1. The SMILES string of the molecule is COc1cc(C(=O)NC[C@H](NS(=O)(=O)c2ccc(C(=O)O)cc2)C(=O)O)ccc1N1CCC(NC2=NCCCN2)CC1. The van der Waals surface area contributed by atoms with Crippen molar-refractivity contribution in [2.45, 2.75) is 36.2 Å². The highest BCUT2D eigenvalue weighted by molar-refractivity contribution is 7.89. The molecular weight excluding hydrogens is 568 g/mol. The van der Waals surface area contributed by atoms with Gasteiger partial charge in [-0.25, -0.2) is 13.2 Å². The van der Waals surface area contributed by atoms with Crippen molar-refractivity contribution in [1.29, 1.82) is 0 Å². The topological polar surface area (TPSA) is 199 Å². The number of nitrogens with zero attached hydrogens (tertiary/aromatic N) is 2. The summed E-state index contributed by atoms with van der Waals surface area (Å²) in [6.45, 7) is 2.74. The fourth-order valence-electron chi connectivity index (χ4n) is 4.68. The van der Waals surface area contributed by atoms with E-state index in [0.717, 1.165) is 81.4 Å². The molecule has 0 unspecified atom stereocenters. The second-order valence-corrected chi connectivity index (χ2v) is 11.6. The predicted octanol–water partition coefficient (Wildman–Crippen LogP) is 0.463. The number of hydrogen-bond donors (Lipinski definition) is 6. The van der Waals surface area contributed by atoms with Crippen LogP contribution in [0.15, 0.2) is 52.4 Å². The van der Waals surface area contributed by atoms with Crippen molar-refractivity contribution in [1.82, 2.24) is 20.7 Å². The van der Waals surface area contributed by atoms with Crippen molar-refractivity contribution in [2.75, 3.05) is 44.7 Å². The van der Waals surface area contributed by atoms with Gasteiger partial charge < -0.3 is 35.8 Å². The van der Waals surface area contributed by atoms with Gasteiger partial charge in [-0.05, 0) is 61.7 Å². The molecule has 2 aliphatic rings. The molecule has 2 aromatic rings. The minimum Gasteiger partial charge on any atom is -0.495 e. The molecule has 15 heteroatoms. The fraction of sp³-hybridized carbons (Fsp3) is 0.407. The molecular formula is C27H34N6O8S. The zero-order chi connectivity index (χ0) is 30.3. The van der Waals surface area contributed by atoms with Crippen LogP contribution in [0.4, 0.5) is 5.69 Å². The molecule has 0 bridgehead atoms. The number of rotatable bonds is 11. The number of carbonyl (C=O) groups excluding carboxylic acids is 1. The molecule has 2 aliphatic heterocycles. The van der Waals surface area contributed by atoms with Crippen LogP contribution in [0, 0.1) is 0 Å². The number of anilines is 1. The summed E-state index contributed by atoms with van der Waals surface area (Å²) in [7, 11) is -2.82. The van der Waals surface area contributed by atoms with E-state index in [0.29, 0.717) is 11.8 Å². The minimum atomic E-state index is -4.32. The normalized spacial score (nSPS) is 16.5. The van der Waals surface area contributed by atoms with Crippen molar-refractivity contribution in [3.05, 3.63) is 53.6 Å². The second-order valence-electron chi connectivity index (χ2n) is 9.85. The predicted molar refractivity (Wildman–Crippen MR) is 154 cm³/mol. The van der Waals surface area contributed by atoms with Gasteiger partial charge in [0.1, 0.15) is 11.8 Å². The van der Waals surface area contributed by atoms with Crippen molar-refractivity contribution in [3.63, 3.8) is 0 Å². The molecule has 6 N–H and O–H groups in total. The average molecular weight is 603 g/mol. The van der Waals surface area contributed by atoms with E-state index >= 15 is 0 Å². The van der Waals surface area contributed by atoms with E-state index in [-0.39, 0.29) is 16.0 Å². The van der Waals surface area contributed by atoms with Gasteiger partial charge in [-0.1, -0.05) is 0 Å². The number of sulfonamides is 1. The Morgan fingerprint density at radius 1 is 1.10 bits per heavy atom. The third-order valence-electron chi connectivity index (χ3n) is 6.99. The van der Waals surface area contributed by atoms with Gasteiger partial charge in [0.15, 0.2) is 5.96 Å². The van der Waals surface area contributed by atoms with Crippen LogP contribution >= 0.6 is 0 Å². The summed E-state index contributed by atoms with van der Waals surface area (Å²) in [5.74, 6) is -2.02. The lowest BCUT2D eigenvalue weighted by Crippen LogP contribution is -2.50. The number of nitrogens with one attached hydrogen (secondary N) is 4. The molecule has 1 amide bonds. The summed E-state index contributed by atoms with van der Waals surface area (Å²) in [6, 6.07) is 7.84. The van der Waals surface area contributed by atoms with Crippen molar-refractivity contribution in [3.8, 4) is 5.75 Å². The lowest BCUT2D eigenvalue weighted by molar-refractivity contribution is -0.138. The number of aliphatic imine (C=N–C) groups is 1. The van der Waals surface area contributed by atoms with E-state index in [1.807, 2.05) is 4.72 Å². The lowest BCUT2D eigenvalue weighted by Gasteiger charge is -2.35. The van der Waals surface area contributed by atoms with Crippen molar-refractivity contribution < 1.29 is 37.8 Å². The highest BCUT2D eigenvalue weighted by Crippen LogP contribution is 2.31. The van der Waals surface area contributed by atoms with Crippen molar-refractivity contribution in [2.24, 2.45) is 4.99 Å². The highest BCUT2D eigenvalue weighted by atomic mass is 32.2. The van der Waals surface area contributed by atoms with Crippen LogP contribution in [0.3, 0.4) is 0 Å².